The molecule has 4 aliphatic rings. The summed E-state index contributed by atoms with van der Waals surface area (Å²) in [4.78, 5) is 4.59. The molecule has 9 atom stereocenters. The van der Waals surface area contributed by atoms with Crippen LogP contribution in [0.15, 0.2) is 18.2 Å². The second-order valence-corrected chi connectivity index (χ2v) is 12.3. The van der Waals surface area contributed by atoms with Crippen molar-refractivity contribution in [3.05, 3.63) is 29.6 Å². The zero-order chi connectivity index (χ0) is 23.0. The molecule has 4 saturated carbocycles. The molecule has 33 heavy (non-hydrogen) atoms. The molecule has 3 heteroatoms. The second-order valence-electron chi connectivity index (χ2n) is 12.3. The Hall–Kier alpha value is -1.40. The standard InChI is InChI=1S/C30H44N2O/c1-4-33-19-21-8-10-25-22(17-21)9-11-27-26(25)14-15-30(3)28(12-13-29(27)30)20(2)16-23-6-5-7-24(18-31)32-23/h5-7,20-22,25-29H,4,8-17,19H2,1-3H3/t20-,21+,22-,25+,26?,27-,28?,29?,30-/m1/s1. The summed E-state index contributed by atoms with van der Waals surface area (Å²) in [6.07, 6.45) is 14.0. The van der Waals surface area contributed by atoms with Crippen LogP contribution in [0.5, 0.6) is 0 Å². The summed E-state index contributed by atoms with van der Waals surface area (Å²) >= 11 is 0. The van der Waals surface area contributed by atoms with E-state index in [-0.39, 0.29) is 0 Å². The molecule has 3 nitrogen and oxygen atoms in total. The number of nitriles is 1. The van der Waals surface area contributed by atoms with Crippen LogP contribution in [-0.4, -0.2) is 18.2 Å². The van der Waals surface area contributed by atoms with E-state index in [0.29, 0.717) is 17.0 Å². The van der Waals surface area contributed by atoms with Crippen LogP contribution < -0.4 is 0 Å². The van der Waals surface area contributed by atoms with Crippen molar-refractivity contribution >= 4 is 0 Å². The summed E-state index contributed by atoms with van der Waals surface area (Å²) in [5.74, 6) is 7.15. The van der Waals surface area contributed by atoms with Crippen LogP contribution in [-0.2, 0) is 11.2 Å². The molecule has 1 heterocycles. The number of aromatic nitrogens is 1. The lowest BCUT2D eigenvalue weighted by Gasteiger charge is -2.57. The summed E-state index contributed by atoms with van der Waals surface area (Å²) in [5, 5.41) is 9.23. The third kappa shape index (κ3) is 4.38. The van der Waals surface area contributed by atoms with Gasteiger partial charge >= 0.3 is 0 Å². The van der Waals surface area contributed by atoms with Crippen LogP contribution in [0.1, 0.15) is 89.9 Å². The summed E-state index contributed by atoms with van der Waals surface area (Å²) in [5.41, 5.74) is 2.17. The van der Waals surface area contributed by atoms with Gasteiger partial charge in [-0.1, -0.05) is 19.9 Å². The van der Waals surface area contributed by atoms with Crippen LogP contribution in [0, 0.1) is 64.1 Å². The SMILES string of the molecule is CCOC[C@H]1CC[C@@H]2C3CC[C@@]4(C)C(CCC4[C@H](C)Cc4cccc(C#N)n4)[C@@H]3CC[C@@H]2C1. The maximum absolute atomic E-state index is 9.23. The Morgan fingerprint density at radius 3 is 2.76 bits per heavy atom. The highest BCUT2D eigenvalue weighted by Gasteiger charge is 2.57. The predicted octanol–water partition coefficient (Wildman–Crippen LogP) is 7.05. The van der Waals surface area contributed by atoms with E-state index in [2.05, 4.69) is 37.9 Å². The van der Waals surface area contributed by atoms with Crippen molar-refractivity contribution in [3.63, 3.8) is 0 Å². The van der Waals surface area contributed by atoms with Crippen molar-refractivity contribution < 1.29 is 4.74 Å². The lowest BCUT2D eigenvalue weighted by atomic mass is 9.48. The highest BCUT2D eigenvalue weighted by molar-refractivity contribution is 5.22. The third-order valence-electron chi connectivity index (χ3n) is 10.8. The van der Waals surface area contributed by atoms with E-state index < -0.39 is 0 Å². The topological polar surface area (TPSA) is 45.9 Å². The van der Waals surface area contributed by atoms with E-state index in [1.165, 1.54) is 57.8 Å². The van der Waals surface area contributed by atoms with Gasteiger partial charge in [-0.05, 0) is 136 Å². The third-order valence-corrected chi connectivity index (χ3v) is 10.8. The maximum Gasteiger partial charge on any atom is 0.140 e. The number of hydrogen-bond acceptors (Lipinski definition) is 3. The van der Waals surface area contributed by atoms with Crippen LogP contribution in [0.2, 0.25) is 0 Å². The zero-order valence-corrected chi connectivity index (χ0v) is 21.1. The molecule has 5 rings (SSSR count). The minimum absolute atomic E-state index is 0.506. The van der Waals surface area contributed by atoms with E-state index in [1.807, 2.05) is 12.1 Å². The van der Waals surface area contributed by atoms with Crippen molar-refractivity contribution in [2.45, 2.75) is 85.0 Å². The summed E-state index contributed by atoms with van der Waals surface area (Å²) in [7, 11) is 0. The summed E-state index contributed by atoms with van der Waals surface area (Å²) in [6, 6.07) is 8.15. The molecule has 0 aliphatic heterocycles. The van der Waals surface area contributed by atoms with Crippen LogP contribution in [0.4, 0.5) is 0 Å². The average molecular weight is 449 g/mol. The molecule has 0 spiro atoms. The number of ether oxygens (including phenoxy) is 1. The molecule has 4 aliphatic carbocycles. The molecule has 4 fully saturated rings. The van der Waals surface area contributed by atoms with Crippen molar-refractivity contribution in [1.29, 1.82) is 5.26 Å². The molecule has 0 radical (unpaired) electrons. The van der Waals surface area contributed by atoms with Gasteiger partial charge in [0.2, 0.25) is 0 Å². The molecule has 3 unspecified atom stereocenters. The number of rotatable bonds is 6. The first-order chi connectivity index (χ1) is 16.0. The van der Waals surface area contributed by atoms with Crippen molar-refractivity contribution in [1.82, 2.24) is 4.98 Å². The number of hydrogen-bond donors (Lipinski definition) is 0. The van der Waals surface area contributed by atoms with Crippen LogP contribution >= 0.6 is 0 Å². The largest absolute Gasteiger partial charge is 0.381 e. The molecule has 0 N–H and O–H groups in total. The Kier molecular flexibility index (Phi) is 6.86. The number of nitrogens with zero attached hydrogens (tertiary/aromatic N) is 2. The van der Waals surface area contributed by atoms with Gasteiger partial charge < -0.3 is 4.74 Å². The molecule has 0 bridgehead atoms. The van der Waals surface area contributed by atoms with Crippen molar-refractivity contribution in [2.24, 2.45) is 52.8 Å². The van der Waals surface area contributed by atoms with E-state index in [4.69, 9.17) is 4.74 Å². The van der Waals surface area contributed by atoms with Gasteiger partial charge in [0, 0.05) is 18.9 Å². The van der Waals surface area contributed by atoms with Gasteiger partial charge in [0.15, 0.2) is 0 Å². The monoisotopic (exact) mass is 448 g/mol. The van der Waals surface area contributed by atoms with Gasteiger partial charge in [0.1, 0.15) is 11.8 Å². The summed E-state index contributed by atoms with van der Waals surface area (Å²) in [6.45, 7) is 9.12. The Morgan fingerprint density at radius 1 is 1.09 bits per heavy atom. The van der Waals surface area contributed by atoms with Gasteiger partial charge in [-0.3, -0.25) is 0 Å². The van der Waals surface area contributed by atoms with Gasteiger partial charge in [-0.15, -0.1) is 0 Å². The minimum Gasteiger partial charge on any atom is -0.381 e. The first-order valence-corrected chi connectivity index (χ1v) is 14.0. The quantitative estimate of drug-likeness (QED) is 0.468. The van der Waals surface area contributed by atoms with Crippen LogP contribution in [0.3, 0.4) is 0 Å². The fraction of sp³-hybridized carbons (Fsp3) is 0.800. The Morgan fingerprint density at radius 2 is 1.94 bits per heavy atom. The molecule has 0 saturated heterocycles. The maximum atomic E-state index is 9.23. The smallest absolute Gasteiger partial charge is 0.140 e. The predicted molar refractivity (Wildman–Crippen MR) is 132 cm³/mol. The highest BCUT2D eigenvalue weighted by atomic mass is 16.5. The van der Waals surface area contributed by atoms with E-state index in [1.54, 1.807) is 0 Å². The Bertz CT molecular complexity index is 861. The lowest BCUT2D eigenvalue weighted by Crippen LogP contribution is -2.49. The van der Waals surface area contributed by atoms with Crippen molar-refractivity contribution in [3.8, 4) is 6.07 Å². The Balaban J connectivity index is 1.25. The number of fused-ring (bicyclic) bond motifs is 5. The second kappa shape index (κ2) is 9.69. The van der Waals surface area contributed by atoms with Gasteiger partial charge in [0.25, 0.3) is 0 Å². The molecular formula is C30H44N2O. The molecule has 1 aromatic rings. The fourth-order valence-corrected chi connectivity index (χ4v) is 9.49. The molecule has 1 aromatic heterocycles. The van der Waals surface area contributed by atoms with Gasteiger partial charge in [0.05, 0.1) is 0 Å². The Labute approximate surface area is 201 Å². The first-order valence-electron chi connectivity index (χ1n) is 14.0. The van der Waals surface area contributed by atoms with Crippen LogP contribution in [0.25, 0.3) is 0 Å². The minimum atomic E-state index is 0.506. The normalized spacial score (nSPS) is 40.8. The fourth-order valence-electron chi connectivity index (χ4n) is 9.49. The number of pyridine rings is 1. The van der Waals surface area contributed by atoms with Gasteiger partial charge in [-0.25, -0.2) is 4.98 Å². The van der Waals surface area contributed by atoms with E-state index in [0.717, 1.165) is 66.8 Å². The molecule has 180 valence electrons. The summed E-state index contributed by atoms with van der Waals surface area (Å²) < 4.78 is 5.80. The highest BCUT2D eigenvalue weighted by Crippen LogP contribution is 2.65. The lowest BCUT2D eigenvalue weighted by molar-refractivity contribution is -0.0778. The van der Waals surface area contributed by atoms with E-state index >= 15 is 0 Å². The molecule has 0 aromatic carbocycles. The van der Waals surface area contributed by atoms with E-state index in [9.17, 15) is 5.26 Å². The van der Waals surface area contributed by atoms with Gasteiger partial charge in [-0.2, -0.15) is 5.26 Å². The van der Waals surface area contributed by atoms with Crippen molar-refractivity contribution in [2.75, 3.05) is 13.2 Å². The average Bonchev–Trinajstić information content (AvgIpc) is 3.19. The molecular weight excluding hydrogens is 404 g/mol. The first kappa shape index (κ1) is 23.3. The molecule has 0 amide bonds. The zero-order valence-electron chi connectivity index (χ0n) is 21.1.